The van der Waals surface area contributed by atoms with Crippen LogP contribution in [-0.4, -0.2) is 84.1 Å². The fourth-order valence-electron chi connectivity index (χ4n) is 5.72. The van der Waals surface area contributed by atoms with Crippen LogP contribution < -0.4 is 0 Å². The van der Waals surface area contributed by atoms with E-state index < -0.39 is 57.6 Å². The SMILES string of the molecule is C=C(C)C(=O)OCCC[Si]1(C)C[Si](C)(CCCOC(=O)C(=C)C)O[Si](C)(CCCOC(=O)C(=C)C)O[Si](C)(CCCOC(=O)C(=C)C)O1. The summed E-state index contributed by atoms with van der Waals surface area (Å²) < 4.78 is 43.2. The molecule has 0 N–H and O–H groups in total. The maximum Gasteiger partial charge on any atom is 0.333 e. The summed E-state index contributed by atoms with van der Waals surface area (Å²) >= 11 is 0. The summed E-state index contributed by atoms with van der Waals surface area (Å²) in [5.41, 5.74) is 2.14. The van der Waals surface area contributed by atoms with Crippen LogP contribution in [0, 0.1) is 0 Å². The Labute approximate surface area is 291 Å². The monoisotopic (exact) mass is 742 g/mol. The molecule has 0 amide bonds. The van der Waals surface area contributed by atoms with Gasteiger partial charge in [-0.1, -0.05) is 26.3 Å². The standard InChI is InChI=1S/C33H58O11Si4/c1-26(2)30(34)38-17-13-21-45(9)25-46(10,22-14-18-39-31(35)27(3)4)43-48(12,24-16-20-41-33(37)29(7)8)44-47(11,42-45)23-15-19-40-32(36)28(5)6/h1,3,5,7,13-25H2,2,4,6,8-12H3. The lowest BCUT2D eigenvalue weighted by molar-refractivity contribution is -0.139. The van der Waals surface area contributed by atoms with Gasteiger partial charge in [-0.3, -0.25) is 0 Å². The van der Waals surface area contributed by atoms with Gasteiger partial charge in [0.15, 0.2) is 16.6 Å². The zero-order valence-corrected chi connectivity index (χ0v) is 34.5. The van der Waals surface area contributed by atoms with Crippen molar-refractivity contribution in [1.29, 1.82) is 0 Å². The average Bonchev–Trinajstić information content (AvgIpc) is 2.96. The fourth-order valence-corrected chi connectivity index (χ4v) is 34.2. The van der Waals surface area contributed by atoms with Crippen LogP contribution in [0.25, 0.3) is 0 Å². The van der Waals surface area contributed by atoms with Crippen LogP contribution in [0.15, 0.2) is 48.6 Å². The van der Waals surface area contributed by atoms with E-state index in [1.807, 2.05) is 0 Å². The number of carbonyl (C=O) groups excluding carboxylic acids is 4. The van der Waals surface area contributed by atoms with Crippen LogP contribution in [0.1, 0.15) is 53.4 Å². The number of ether oxygens (including phenoxy) is 4. The van der Waals surface area contributed by atoms with Gasteiger partial charge < -0.3 is 31.3 Å². The molecule has 1 aliphatic heterocycles. The van der Waals surface area contributed by atoms with Crippen molar-refractivity contribution in [2.24, 2.45) is 0 Å². The minimum absolute atomic E-state index is 0.210. The van der Waals surface area contributed by atoms with Crippen molar-refractivity contribution in [2.45, 2.75) is 109 Å². The second-order valence-corrected chi connectivity index (χ2v) is 29.9. The molecule has 1 rings (SSSR count). The highest BCUT2D eigenvalue weighted by Gasteiger charge is 2.55. The third-order valence-electron chi connectivity index (χ3n) is 7.68. The molecule has 0 aromatic heterocycles. The van der Waals surface area contributed by atoms with E-state index in [2.05, 4.69) is 52.5 Å². The number of rotatable bonds is 20. The Balaban J connectivity index is 3.34. The van der Waals surface area contributed by atoms with Gasteiger partial charge in [-0.05, 0) is 109 Å². The molecular formula is C33H58O11Si4. The number of hydrogen-bond acceptors (Lipinski definition) is 11. The van der Waals surface area contributed by atoms with E-state index in [-0.39, 0.29) is 26.4 Å². The molecule has 4 unspecified atom stereocenters. The molecule has 11 nitrogen and oxygen atoms in total. The van der Waals surface area contributed by atoms with Crippen LogP contribution in [0.3, 0.4) is 0 Å². The van der Waals surface area contributed by atoms with E-state index in [4.69, 9.17) is 31.3 Å². The van der Waals surface area contributed by atoms with Crippen molar-refractivity contribution in [1.82, 2.24) is 0 Å². The zero-order chi connectivity index (χ0) is 36.8. The van der Waals surface area contributed by atoms with Crippen LogP contribution in [0.2, 0.25) is 56.0 Å². The molecule has 1 fully saturated rings. The molecule has 4 atom stereocenters. The minimum atomic E-state index is -2.93. The maximum atomic E-state index is 12.0. The molecule has 0 bridgehead atoms. The highest BCUT2D eigenvalue weighted by atomic mass is 28.5. The van der Waals surface area contributed by atoms with Crippen LogP contribution in [0.5, 0.6) is 0 Å². The second kappa shape index (κ2) is 19.7. The third kappa shape index (κ3) is 16.3. The highest BCUT2D eigenvalue weighted by Crippen LogP contribution is 2.41. The largest absolute Gasteiger partial charge is 0.462 e. The van der Waals surface area contributed by atoms with E-state index in [0.717, 1.165) is 17.8 Å². The van der Waals surface area contributed by atoms with Crippen molar-refractivity contribution in [3.63, 3.8) is 0 Å². The summed E-state index contributed by atoms with van der Waals surface area (Å²) in [7, 11) is -11.0. The quantitative estimate of drug-likeness (QED) is 0.0423. The molecule has 0 aliphatic carbocycles. The van der Waals surface area contributed by atoms with Crippen molar-refractivity contribution >= 4 is 57.6 Å². The average molecular weight is 743 g/mol. The number of carbonyl (C=O) groups is 4. The lowest BCUT2D eigenvalue weighted by atomic mass is 10.4. The van der Waals surface area contributed by atoms with E-state index in [1.54, 1.807) is 27.7 Å². The summed E-state index contributed by atoms with van der Waals surface area (Å²) in [5, 5.41) is 0. The Kier molecular flexibility index (Phi) is 17.9. The molecule has 15 heteroatoms. The van der Waals surface area contributed by atoms with Crippen molar-refractivity contribution in [3.05, 3.63) is 48.6 Å². The summed E-state index contributed by atoms with van der Waals surface area (Å²) in [6, 6.07) is 2.60. The smallest absolute Gasteiger partial charge is 0.333 e. The van der Waals surface area contributed by atoms with Crippen LogP contribution in [0.4, 0.5) is 0 Å². The van der Waals surface area contributed by atoms with Gasteiger partial charge in [0.05, 0.1) is 26.4 Å². The first kappa shape index (κ1) is 43.6. The zero-order valence-electron chi connectivity index (χ0n) is 30.5. The predicted octanol–water partition coefficient (Wildman–Crippen LogP) is 6.92. The minimum Gasteiger partial charge on any atom is -0.462 e. The van der Waals surface area contributed by atoms with Crippen molar-refractivity contribution in [3.8, 4) is 0 Å². The van der Waals surface area contributed by atoms with Gasteiger partial charge in [-0.15, -0.1) is 0 Å². The molecule has 0 radical (unpaired) electrons. The Morgan fingerprint density at radius 3 is 0.979 bits per heavy atom. The normalized spacial score (nSPS) is 25.5. The Morgan fingerprint density at radius 2 is 0.729 bits per heavy atom. The van der Waals surface area contributed by atoms with Gasteiger partial charge in [-0.25, -0.2) is 19.2 Å². The molecule has 1 saturated heterocycles. The second-order valence-electron chi connectivity index (χ2n) is 13.7. The van der Waals surface area contributed by atoms with Crippen molar-refractivity contribution < 1.29 is 50.5 Å². The fraction of sp³-hybridized carbons (Fsp3) is 0.636. The highest BCUT2D eigenvalue weighted by molar-refractivity contribution is 6.99. The molecule has 0 spiro atoms. The molecule has 48 heavy (non-hydrogen) atoms. The van der Waals surface area contributed by atoms with Crippen molar-refractivity contribution in [2.75, 3.05) is 26.4 Å². The summed E-state index contributed by atoms with van der Waals surface area (Å²) in [6.07, 6.45) is 2.33. The summed E-state index contributed by atoms with van der Waals surface area (Å²) in [4.78, 5) is 48.1. The van der Waals surface area contributed by atoms with Crippen LogP contribution >= 0.6 is 0 Å². The summed E-state index contributed by atoms with van der Waals surface area (Å²) in [6.45, 7) is 30.5. The molecule has 0 aromatic carbocycles. The predicted molar refractivity (Wildman–Crippen MR) is 195 cm³/mol. The van der Waals surface area contributed by atoms with E-state index in [1.165, 1.54) is 0 Å². The number of hydrogen-bond donors (Lipinski definition) is 0. The number of esters is 4. The van der Waals surface area contributed by atoms with E-state index >= 15 is 0 Å². The van der Waals surface area contributed by atoms with Gasteiger partial charge >= 0.3 is 41.0 Å². The molecule has 0 saturated carbocycles. The first-order chi connectivity index (χ1) is 22.1. The molecular weight excluding hydrogens is 685 g/mol. The van der Waals surface area contributed by atoms with Gasteiger partial charge in [0.2, 0.25) is 0 Å². The van der Waals surface area contributed by atoms with E-state index in [9.17, 15) is 19.2 Å². The Morgan fingerprint density at radius 1 is 0.479 bits per heavy atom. The third-order valence-corrected chi connectivity index (χ3v) is 29.9. The first-order valence-corrected chi connectivity index (χ1v) is 27.2. The Hall–Kier alpha value is -2.41. The molecule has 1 heterocycles. The first-order valence-electron chi connectivity index (χ1n) is 16.5. The lowest BCUT2D eigenvalue weighted by Gasteiger charge is -2.51. The van der Waals surface area contributed by atoms with Gasteiger partial charge in [0.1, 0.15) is 0 Å². The molecule has 0 aromatic rings. The lowest BCUT2D eigenvalue weighted by Crippen LogP contribution is -2.65. The van der Waals surface area contributed by atoms with Gasteiger partial charge in [0, 0.05) is 22.3 Å². The molecule has 272 valence electrons. The van der Waals surface area contributed by atoms with Gasteiger partial charge in [0.25, 0.3) is 0 Å². The maximum absolute atomic E-state index is 12.0. The summed E-state index contributed by atoms with van der Waals surface area (Å²) in [5.74, 6) is -1.72. The van der Waals surface area contributed by atoms with Gasteiger partial charge in [-0.2, -0.15) is 0 Å². The van der Waals surface area contributed by atoms with Crippen LogP contribution in [-0.2, 0) is 50.5 Å². The topological polar surface area (TPSA) is 133 Å². The van der Waals surface area contributed by atoms with E-state index in [0.29, 0.717) is 60.1 Å². The Bertz CT molecular complexity index is 1020. The molecule has 1 aliphatic rings.